The van der Waals surface area contributed by atoms with Crippen LogP contribution in [0.1, 0.15) is 18.5 Å². The lowest BCUT2D eigenvalue weighted by atomic mass is 9.95. The molecule has 142 valence electrons. The maximum absolute atomic E-state index is 13.2. The summed E-state index contributed by atoms with van der Waals surface area (Å²) in [6, 6.07) is 13.3. The van der Waals surface area contributed by atoms with Crippen molar-refractivity contribution in [1.82, 2.24) is 14.8 Å². The number of allylic oxidation sites excluding steroid dienone is 1. The van der Waals surface area contributed by atoms with E-state index >= 15 is 0 Å². The largest absolute Gasteiger partial charge is 0.508 e. The van der Waals surface area contributed by atoms with Crippen molar-refractivity contribution in [3.8, 4) is 11.5 Å². The number of nitrogens with zero attached hydrogens (tertiary/aromatic N) is 3. The summed E-state index contributed by atoms with van der Waals surface area (Å²) in [7, 11) is 1.59. The Balaban J connectivity index is 1.71. The summed E-state index contributed by atoms with van der Waals surface area (Å²) >= 11 is 0. The average molecular weight is 377 g/mol. The summed E-state index contributed by atoms with van der Waals surface area (Å²) in [5.74, 6) is 1.16. The quantitative estimate of drug-likeness (QED) is 0.646. The van der Waals surface area contributed by atoms with E-state index in [1.165, 1.54) is 6.33 Å². The van der Waals surface area contributed by atoms with Crippen LogP contribution >= 0.6 is 0 Å². The highest BCUT2D eigenvalue weighted by atomic mass is 16.5. The van der Waals surface area contributed by atoms with E-state index in [1.807, 2.05) is 6.92 Å². The number of methoxy groups -OCH3 is 1. The van der Waals surface area contributed by atoms with Gasteiger partial charge in [-0.25, -0.2) is 4.68 Å². The number of nitrogens with one attached hydrogen (secondary N) is 2. The highest BCUT2D eigenvalue weighted by molar-refractivity contribution is 6.06. The van der Waals surface area contributed by atoms with Crippen LogP contribution in [0.15, 0.2) is 66.1 Å². The SMILES string of the molecule is COc1ccc(NC(=O)C2=C(C)Nc3ncnn3[C@H]2c2ccc(O)cc2)cc1. The Morgan fingerprint density at radius 2 is 1.89 bits per heavy atom. The number of benzene rings is 2. The number of phenolic OH excluding ortho intramolecular Hbond substituents is 1. The predicted octanol–water partition coefficient (Wildman–Crippen LogP) is 2.92. The van der Waals surface area contributed by atoms with Gasteiger partial charge in [0.2, 0.25) is 5.95 Å². The van der Waals surface area contributed by atoms with Crippen molar-refractivity contribution in [2.24, 2.45) is 0 Å². The van der Waals surface area contributed by atoms with Crippen molar-refractivity contribution in [3.63, 3.8) is 0 Å². The fourth-order valence-corrected chi connectivity index (χ4v) is 3.22. The number of fused-ring (bicyclic) bond motifs is 1. The van der Waals surface area contributed by atoms with Crippen LogP contribution < -0.4 is 15.4 Å². The minimum Gasteiger partial charge on any atom is -0.508 e. The highest BCUT2D eigenvalue weighted by Gasteiger charge is 2.33. The molecule has 1 aromatic heterocycles. The van der Waals surface area contributed by atoms with Crippen LogP contribution in [0.2, 0.25) is 0 Å². The van der Waals surface area contributed by atoms with Crippen LogP contribution in [0.5, 0.6) is 11.5 Å². The number of ether oxygens (including phenoxy) is 1. The van der Waals surface area contributed by atoms with Crippen LogP contribution in [0, 0.1) is 0 Å². The molecule has 0 aliphatic carbocycles. The molecule has 0 unspecified atom stereocenters. The van der Waals surface area contributed by atoms with Gasteiger partial charge >= 0.3 is 0 Å². The maximum Gasteiger partial charge on any atom is 0.255 e. The first-order chi connectivity index (χ1) is 13.6. The second kappa shape index (κ2) is 7.07. The number of amides is 1. The monoisotopic (exact) mass is 377 g/mol. The Morgan fingerprint density at radius 3 is 2.57 bits per heavy atom. The van der Waals surface area contributed by atoms with Gasteiger partial charge in [-0.2, -0.15) is 10.1 Å². The second-order valence-corrected chi connectivity index (χ2v) is 6.37. The van der Waals surface area contributed by atoms with Gasteiger partial charge in [-0.3, -0.25) is 4.79 Å². The van der Waals surface area contributed by atoms with Crippen molar-refractivity contribution >= 4 is 17.5 Å². The zero-order chi connectivity index (χ0) is 19.7. The van der Waals surface area contributed by atoms with E-state index in [0.717, 1.165) is 5.56 Å². The summed E-state index contributed by atoms with van der Waals surface area (Å²) in [5.41, 5.74) is 2.66. The van der Waals surface area contributed by atoms with E-state index in [9.17, 15) is 9.90 Å². The lowest BCUT2D eigenvalue weighted by molar-refractivity contribution is -0.113. The molecule has 2 aromatic carbocycles. The fraction of sp³-hybridized carbons (Fsp3) is 0.150. The van der Waals surface area contributed by atoms with Gasteiger partial charge in [0.25, 0.3) is 5.91 Å². The van der Waals surface area contributed by atoms with Gasteiger partial charge in [0, 0.05) is 11.4 Å². The molecule has 4 rings (SSSR count). The Hall–Kier alpha value is -3.81. The van der Waals surface area contributed by atoms with Gasteiger partial charge in [0.1, 0.15) is 23.9 Å². The third kappa shape index (κ3) is 3.16. The first-order valence-electron chi connectivity index (χ1n) is 8.68. The maximum atomic E-state index is 13.2. The molecule has 0 radical (unpaired) electrons. The van der Waals surface area contributed by atoms with Crippen molar-refractivity contribution in [2.75, 3.05) is 17.7 Å². The van der Waals surface area contributed by atoms with E-state index in [-0.39, 0.29) is 11.7 Å². The number of aromatic hydroxyl groups is 1. The van der Waals surface area contributed by atoms with Crippen LogP contribution in [-0.2, 0) is 4.79 Å². The van der Waals surface area contributed by atoms with Crippen molar-refractivity contribution in [2.45, 2.75) is 13.0 Å². The van der Waals surface area contributed by atoms with Gasteiger partial charge in [0.05, 0.1) is 12.7 Å². The van der Waals surface area contributed by atoms with Gasteiger partial charge < -0.3 is 20.5 Å². The summed E-state index contributed by atoms with van der Waals surface area (Å²) < 4.78 is 6.81. The molecule has 0 spiro atoms. The molecule has 2 heterocycles. The number of rotatable bonds is 4. The summed E-state index contributed by atoms with van der Waals surface area (Å²) in [6.07, 6.45) is 1.44. The molecule has 3 N–H and O–H groups in total. The number of phenols is 1. The molecule has 0 fully saturated rings. The lowest BCUT2D eigenvalue weighted by Gasteiger charge is -2.28. The smallest absolute Gasteiger partial charge is 0.255 e. The number of carbonyl (C=O) groups is 1. The van der Waals surface area contributed by atoms with Crippen molar-refractivity contribution in [1.29, 1.82) is 0 Å². The van der Waals surface area contributed by atoms with Crippen LogP contribution in [0.4, 0.5) is 11.6 Å². The first-order valence-corrected chi connectivity index (χ1v) is 8.68. The molecule has 1 amide bonds. The molecule has 0 bridgehead atoms. The molecular weight excluding hydrogens is 358 g/mol. The minimum absolute atomic E-state index is 0.154. The molecule has 3 aromatic rings. The van der Waals surface area contributed by atoms with Gasteiger partial charge in [-0.05, 0) is 48.9 Å². The first kappa shape index (κ1) is 17.6. The van der Waals surface area contributed by atoms with Gasteiger partial charge in [0.15, 0.2) is 0 Å². The standard InChI is InChI=1S/C20H19N5O3/c1-12-17(19(27)24-14-5-9-16(28-2)10-6-14)18(13-3-7-15(26)8-4-13)25-20(23-12)21-11-22-25/h3-11,18,26H,1-2H3,(H,24,27)(H,21,22,23)/t18-/m0/s1. The molecule has 1 atom stereocenters. The molecule has 8 heteroatoms. The summed E-state index contributed by atoms with van der Waals surface area (Å²) in [4.78, 5) is 17.4. The Kier molecular flexibility index (Phi) is 4.44. The third-order valence-electron chi connectivity index (χ3n) is 4.60. The predicted molar refractivity (Wildman–Crippen MR) is 104 cm³/mol. The van der Waals surface area contributed by atoms with Crippen LogP contribution in [0.3, 0.4) is 0 Å². The molecule has 1 aliphatic rings. The number of aromatic nitrogens is 3. The molecule has 8 nitrogen and oxygen atoms in total. The van der Waals surface area contributed by atoms with Crippen LogP contribution in [-0.4, -0.2) is 32.9 Å². The van der Waals surface area contributed by atoms with E-state index < -0.39 is 6.04 Å². The zero-order valence-corrected chi connectivity index (χ0v) is 15.4. The topological polar surface area (TPSA) is 101 Å². The van der Waals surface area contributed by atoms with Gasteiger partial charge in [-0.15, -0.1) is 0 Å². The number of hydrogen-bond acceptors (Lipinski definition) is 6. The van der Waals surface area contributed by atoms with E-state index in [2.05, 4.69) is 20.7 Å². The molecule has 1 aliphatic heterocycles. The van der Waals surface area contributed by atoms with Crippen molar-refractivity contribution in [3.05, 3.63) is 71.7 Å². The van der Waals surface area contributed by atoms with Gasteiger partial charge in [-0.1, -0.05) is 12.1 Å². The Bertz CT molecular complexity index is 1040. The van der Waals surface area contributed by atoms with Crippen LogP contribution in [0.25, 0.3) is 0 Å². The van der Waals surface area contributed by atoms with Crippen molar-refractivity contribution < 1.29 is 14.6 Å². The third-order valence-corrected chi connectivity index (χ3v) is 4.60. The minimum atomic E-state index is -0.474. The molecule has 0 saturated heterocycles. The van der Waals surface area contributed by atoms with E-state index in [4.69, 9.17) is 4.74 Å². The Morgan fingerprint density at radius 1 is 1.18 bits per heavy atom. The number of carbonyl (C=O) groups excluding carboxylic acids is 1. The van der Waals surface area contributed by atoms with E-state index in [1.54, 1.807) is 60.3 Å². The fourth-order valence-electron chi connectivity index (χ4n) is 3.22. The molecule has 0 saturated carbocycles. The number of anilines is 2. The lowest BCUT2D eigenvalue weighted by Crippen LogP contribution is -2.31. The second-order valence-electron chi connectivity index (χ2n) is 6.37. The normalized spacial score (nSPS) is 15.6. The summed E-state index contributed by atoms with van der Waals surface area (Å²) in [5, 5.41) is 20.0. The molecular formula is C20H19N5O3. The number of hydrogen-bond donors (Lipinski definition) is 3. The highest BCUT2D eigenvalue weighted by Crippen LogP contribution is 2.35. The Labute approximate surface area is 161 Å². The zero-order valence-electron chi connectivity index (χ0n) is 15.4. The molecule has 28 heavy (non-hydrogen) atoms. The van der Waals surface area contributed by atoms with E-state index in [0.29, 0.717) is 28.7 Å². The average Bonchev–Trinajstić information content (AvgIpc) is 3.16. The summed E-state index contributed by atoms with van der Waals surface area (Å²) in [6.45, 7) is 1.83.